The van der Waals surface area contributed by atoms with Crippen molar-refractivity contribution in [2.45, 2.75) is 13.8 Å². The monoisotopic (exact) mass is 232 g/mol. The van der Waals surface area contributed by atoms with E-state index >= 15 is 0 Å². The molecule has 0 aromatic carbocycles. The third kappa shape index (κ3) is 2.78. The van der Waals surface area contributed by atoms with Crippen LogP contribution >= 0.6 is 7.82 Å². The molecule has 0 fully saturated rings. The zero-order valence-electron chi connectivity index (χ0n) is 8.45. The maximum absolute atomic E-state index is 11.5. The lowest BCUT2D eigenvalue weighted by Crippen LogP contribution is -2.34. The largest absolute Gasteiger partial charge is 0.527 e. The van der Waals surface area contributed by atoms with E-state index < -0.39 is 19.2 Å². The predicted molar refractivity (Wildman–Crippen MR) is 53.7 cm³/mol. The van der Waals surface area contributed by atoms with Crippen molar-refractivity contribution in [3.63, 3.8) is 0 Å². The maximum Gasteiger partial charge on any atom is 0.527 e. The van der Waals surface area contributed by atoms with Crippen LogP contribution in [0.3, 0.4) is 0 Å². The normalized spacial score (nSPS) is 30.3. The fourth-order valence-corrected chi connectivity index (χ4v) is 1.71. The van der Waals surface area contributed by atoms with Gasteiger partial charge in [-0.05, 0) is 12.8 Å². The minimum absolute atomic E-state index is 0.165. The van der Waals surface area contributed by atoms with E-state index in [1.54, 1.807) is 38.2 Å². The van der Waals surface area contributed by atoms with Gasteiger partial charge in [-0.1, -0.05) is 31.2 Å². The van der Waals surface area contributed by atoms with E-state index in [9.17, 15) is 9.36 Å². The number of hydrogen-bond donors (Lipinski definition) is 2. The van der Waals surface area contributed by atoms with Gasteiger partial charge in [0.25, 0.3) is 0 Å². The van der Waals surface area contributed by atoms with Crippen LogP contribution in [0.5, 0.6) is 0 Å². The number of rotatable bonds is 2. The highest BCUT2D eigenvalue weighted by molar-refractivity contribution is 7.46. The van der Waals surface area contributed by atoms with Crippen LogP contribution < -0.4 is 0 Å². The molecule has 0 aromatic heterocycles. The van der Waals surface area contributed by atoms with Crippen molar-refractivity contribution in [2.24, 2.45) is 11.3 Å². The van der Waals surface area contributed by atoms with Crippen molar-refractivity contribution in [2.75, 3.05) is 0 Å². The van der Waals surface area contributed by atoms with Crippen LogP contribution in [0.25, 0.3) is 0 Å². The van der Waals surface area contributed by atoms with Gasteiger partial charge in [0.05, 0.1) is 5.41 Å². The number of phosphoric acid groups is 1. The molecule has 2 atom stereocenters. The molecule has 84 valence electrons. The van der Waals surface area contributed by atoms with Crippen LogP contribution in [0.4, 0.5) is 0 Å². The molecule has 1 aliphatic carbocycles. The Morgan fingerprint density at radius 3 is 2.53 bits per heavy atom. The minimum atomic E-state index is -4.77. The zero-order chi connectivity index (χ0) is 11.7. The van der Waals surface area contributed by atoms with Gasteiger partial charge in [-0.2, -0.15) is 0 Å². The Morgan fingerprint density at radius 2 is 2.07 bits per heavy atom. The van der Waals surface area contributed by atoms with Crippen molar-refractivity contribution < 1.29 is 23.7 Å². The van der Waals surface area contributed by atoms with Gasteiger partial charge in [0.2, 0.25) is 0 Å². The first-order valence-corrected chi connectivity index (χ1v) is 5.94. The van der Waals surface area contributed by atoms with Gasteiger partial charge in [-0.15, -0.1) is 0 Å². The average molecular weight is 232 g/mol. The molecule has 6 heteroatoms. The third-order valence-electron chi connectivity index (χ3n) is 2.54. The molecule has 0 amide bonds. The Labute approximate surface area is 87.7 Å². The number of carbonyl (C=O) groups is 1. The van der Waals surface area contributed by atoms with Gasteiger partial charge in [-0.3, -0.25) is 14.6 Å². The SMILES string of the molecule is CC1C=CC=CC1(C)C(=O)OP(=O)(O)O. The van der Waals surface area contributed by atoms with Gasteiger partial charge in [0.1, 0.15) is 0 Å². The van der Waals surface area contributed by atoms with Gasteiger partial charge in [0.15, 0.2) is 0 Å². The van der Waals surface area contributed by atoms with Gasteiger partial charge >= 0.3 is 13.8 Å². The summed E-state index contributed by atoms with van der Waals surface area (Å²) in [4.78, 5) is 28.6. The summed E-state index contributed by atoms with van der Waals surface area (Å²) in [5, 5.41) is 0. The molecule has 2 N–H and O–H groups in total. The van der Waals surface area contributed by atoms with Crippen LogP contribution in [0, 0.1) is 11.3 Å². The molecule has 15 heavy (non-hydrogen) atoms. The van der Waals surface area contributed by atoms with Crippen LogP contribution in [-0.4, -0.2) is 15.8 Å². The minimum Gasteiger partial charge on any atom is -0.370 e. The second-order valence-corrected chi connectivity index (χ2v) is 4.85. The quantitative estimate of drug-likeness (QED) is 0.703. The lowest BCUT2D eigenvalue weighted by atomic mass is 9.75. The topological polar surface area (TPSA) is 83.8 Å². The standard InChI is InChI=1S/C9H13O5P/c1-7-5-3-4-6-9(7,2)8(10)14-15(11,12)13/h3-7H,1-2H3,(H2,11,12,13). The van der Waals surface area contributed by atoms with E-state index in [4.69, 9.17) is 9.79 Å². The first-order valence-electron chi connectivity index (χ1n) is 4.41. The summed E-state index contributed by atoms with van der Waals surface area (Å²) in [6, 6.07) is 0. The van der Waals surface area contributed by atoms with Crippen molar-refractivity contribution in [1.82, 2.24) is 0 Å². The van der Waals surface area contributed by atoms with Crippen LogP contribution in [0.2, 0.25) is 0 Å². The highest BCUT2D eigenvalue weighted by Gasteiger charge is 2.40. The molecule has 5 nitrogen and oxygen atoms in total. The molecule has 0 aliphatic heterocycles. The average Bonchev–Trinajstić information content (AvgIpc) is 2.07. The Kier molecular flexibility index (Phi) is 3.19. The highest BCUT2D eigenvalue weighted by atomic mass is 31.2. The summed E-state index contributed by atoms with van der Waals surface area (Å²) < 4.78 is 14.6. The predicted octanol–water partition coefficient (Wildman–Crippen LogP) is 1.39. The third-order valence-corrected chi connectivity index (χ3v) is 2.94. The fraction of sp³-hybridized carbons (Fsp3) is 0.444. The summed E-state index contributed by atoms with van der Waals surface area (Å²) >= 11 is 0. The lowest BCUT2D eigenvalue weighted by Gasteiger charge is -2.30. The molecular formula is C9H13O5P. The molecule has 0 saturated carbocycles. The summed E-state index contributed by atoms with van der Waals surface area (Å²) in [5.41, 5.74) is -1.02. The molecular weight excluding hydrogens is 219 g/mol. The fourth-order valence-electron chi connectivity index (χ4n) is 1.30. The summed E-state index contributed by atoms with van der Waals surface area (Å²) in [6.45, 7) is 3.36. The Bertz CT molecular complexity index is 367. The smallest absolute Gasteiger partial charge is 0.370 e. The van der Waals surface area contributed by atoms with Crippen LogP contribution in [-0.2, 0) is 13.9 Å². The molecule has 0 spiro atoms. The molecule has 0 aromatic rings. The first-order chi connectivity index (χ1) is 6.76. The van der Waals surface area contributed by atoms with Gasteiger partial charge < -0.3 is 4.52 Å². The Morgan fingerprint density at radius 1 is 1.47 bits per heavy atom. The number of hydrogen-bond acceptors (Lipinski definition) is 3. The van der Waals surface area contributed by atoms with E-state index in [2.05, 4.69) is 4.52 Å². The zero-order valence-corrected chi connectivity index (χ0v) is 9.35. The Hall–Kier alpha value is -0.900. The molecule has 0 heterocycles. The number of carbonyl (C=O) groups excluding carboxylic acids is 1. The van der Waals surface area contributed by atoms with E-state index in [-0.39, 0.29) is 5.92 Å². The lowest BCUT2D eigenvalue weighted by molar-refractivity contribution is -0.145. The summed E-state index contributed by atoms with van der Waals surface area (Å²) in [7, 11) is -4.77. The van der Waals surface area contributed by atoms with Gasteiger partial charge in [0, 0.05) is 0 Å². The van der Waals surface area contributed by atoms with Crippen molar-refractivity contribution >= 4 is 13.8 Å². The van der Waals surface area contributed by atoms with Gasteiger partial charge in [-0.25, -0.2) is 4.57 Å². The van der Waals surface area contributed by atoms with E-state index in [1.165, 1.54) is 0 Å². The van der Waals surface area contributed by atoms with Crippen molar-refractivity contribution in [1.29, 1.82) is 0 Å². The van der Waals surface area contributed by atoms with Crippen LogP contribution in [0.15, 0.2) is 24.3 Å². The molecule has 2 unspecified atom stereocenters. The first kappa shape index (κ1) is 12.2. The maximum atomic E-state index is 11.5. The second-order valence-electron chi connectivity index (χ2n) is 3.68. The summed E-state index contributed by atoms with van der Waals surface area (Å²) in [6.07, 6.45) is 6.79. The molecule has 0 saturated heterocycles. The van der Waals surface area contributed by atoms with E-state index in [0.29, 0.717) is 0 Å². The van der Waals surface area contributed by atoms with E-state index in [0.717, 1.165) is 0 Å². The van der Waals surface area contributed by atoms with Crippen molar-refractivity contribution in [3.05, 3.63) is 24.3 Å². The highest BCUT2D eigenvalue weighted by Crippen LogP contribution is 2.42. The van der Waals surface area contributed by atoms with Crippen molar-refractivity contribution in [3.8, 4) is 0 Å². The molecule has 1 rings (SSSR count). The molecule has 0 radical (unpaired) electrons. The second kappa shape index (κ2) is 3.93. The van der Waals surface area contributed by atoms with E-state index in [1.807, 2.05) is 0 Å². The summed E-state index contributed by atoms with van der Waals surface area (Å²) in [5.74, 6) is -1.08. The molecule has 0 bridgehead atoms. The number of phosphoric ester groups is 1. The van der Waals surface area contributed by atoms with Crippen LogP contribution in [0.1, 0.15) is 13.8 Å². The Balaban J connectivity index is 2.87. The number of allylic oxidation sites excluding steroid dienone is 3. The molecule has 1 aliphatic rings.